The van der Waals surface area contributed by atoms with Crippen molar-refractivity contribution in [1.82, 2.24) is 10.3 Å². The molecule has 144 valence electrons. The Balaban J connectivity index is 1.61. The second-order valence-corrected chi connectivity index (χ2v) is 7.41. The molecular weight excluding hydrogens is 396 g/mol. The first kappa shape index (κ1) is 20.0. The fourth-order valence-electron chi connectivity index (χ4n) is 2.71. The molecule has 1 aromatic heterocycles. The van der Waals surface area contributed by atoms with Gasteiger partial charge in [-0.15, -0.1) is 11.3 Å². The van der Waals surface area contributed by atoms with Crippen molar-refractivity contribution in [2.75, 3.05) is 0 Å². The first-order chi connectivity index (χ1) is 13.5. The van der Waals surface area contributed by atoms with Gasteiger partial charge in [0.05, 0.1) is 18.2 Å². The van der Waals surface area contributed by atoms with E-state index in [0.717, 1.165) is 10.6 Å². The molecule has 0 aliphatic heterocycles. The van der Waals surface area contributed by atoms with E-state index in [9.17, 15) is 9.59 Å². The molecule has 2 aromatic carbocycles. The molecule has 5 nitrogen and oxygen atoms in total. The van der Waals surface area contributed by atoms with Crippen LogP contribution in [0.3, 0.4) is 0 Å². The van der Waals surface area contributed by atoms with E-state index < -0.39 is 12.0 Å². The summed E-state index contributed by atoms with van der Waals surface area (Å²) in [6.45, 7) is 1.48. The third-order valence-corrected chi connectivity index (χ3v) is 5.27. The van der Waals surface area contributed by atoms with Gasteiger partial charge in [0.1, 0.15) is 11.6 Å². The van der Waals surface area contributed by atoms with Crippen molar-refractivity contribution in [3.8, 4) is 10.6 Å². The lowest BCUT2D eigenvalue weighted by atomic mass is 10.0. The summed E-state index contributed by atoms with van der Waals surface area (Å²) in [5, 5.41) is 5.98. The number of halogens is 1. The summed E-state index contributed by atoms with van der Waals surface area (Å²) in [6, 6.07) is 16.4. The molecule has 0 fully saturated rings. The van der Waals surface area contributed by atoms with Crippen molar-refractivity contribution < 1.29 is 14.3 Å². The van der Waals surface area contributed by atoms with E-state index in [-0.39, 0.29) is 18.9 Å². The van der Waals surface area contributed by atoms with E-state index in [1.54, 1.807) is 18.2 Å². The Hall–Kier alpha value is -2.70. The number of amides is 1. The van der Waals surface area contributed by atoms with Gasteiger partial charge in [-0.05, 0) is 11.6 Å². The minimum Gasteiger partial charge on any atom is -0.459 e. The van der Waals surface area contributed by atoms with E-state index in [0.29, 0.717) is 16.3 Å². The first-order valence-corrected chi connectivity index (χ1v) is 9.95. The molecule has 28 heavy (non-hydrogen) atoms. The van der Waals surface area contributed by atoms with Crippen LogP contribution in [0, 0.1) is 0 Å². The number of nitrogens with zero attached hydrogens (tertiary/aromatic N) is 1. The summed E-state index contributed by atoms with van der Waals surface area (Å²) in [7, 11) is 0. The lowest BCUT2D eigenvalue weighted by Crippen LogP contribution is -2.28. The summed E-state index contributed by atoms with van der Waals surface area (Å²) < 4.78 is 5.36. The molecule has 0 saturated carbocycles. The summed E-state index contributed by atoms with van der Waals surface area (Å²) in [6.07, 6.45) is -0.0149. The lowest BCUT2D eigenvalue weighted by Gasteiger charge is -2.18. The number of hydrogen-bond donors (Lipinski definition) is 1. The summed E-state index contributed by atoms with van der Waals surface area (Å²) in [5.74, 6) is -0.683. The van der Waals surface area contributed by atoms with E-state index in [4.69, 9.17) is 16.3 Å². The van der Waals surface area contributed by atoms with Crippen molar-refractivity contribution in [1.29, 1.82) is 0 Å². The highest BCUT2D eigenvalue weighted by atomic mass is 35.5. The average molecular weight is 415 g/mol. The fraction of sp³-hybridized carbons (Fsp3) is 0.190. The molecule has 3 aromatic rings. The maximum Gasteiger partial charge on any atom is 0.308 e. The lowest BCUT2D eigenvalue weighted by molar-refractivity contribution is -0.145. The minimum absolute atomic E-state index is 0.0149. The summed E-state index contributed by atoms with van der Waals surface area (Å²) in [4.78, 5) is 28.4. The van der Waals surface area contributed by atoms with Crippen molar-refractivity contribution >= 4 is 34.8 Å². The number of benzene rings is 2. The van der Waals surface area contributed by atoms with Crippen LogP contribution in [0.2, 0.25) is 5.02 Å². The Kier molecular flexibility index (Phi) is 6.79. The topological polar surface area (TPSA) is 68.3 Å². The molecule has 3 rings (SSSR count). The van der Waals surface area contributed by atoms with E-state index in [1.807, 2.05) is 41.8 Å². The molecule has 0 radical (unpaired) electrons. The van der Waals surface area contributed by atoms with Crippen LogP contribution in [0.5, 0.6) is 0 Å². The Morgan fingerprint density at radius 2 is 1.86 bits per heavy atom. The molecule has 1 atom stereocenters. The van der Waals surface area contributed by atoms with Crippen LogP contribution in [-0.4, -0.2) is 16.9 Å². The molecule has 0 saturated heterocycles. The van der Waals surface area contributed by atoms with Crippen molar-refractivity contribution in [3.05, 3.63) is 76.3 Å². The zero-order chi connectivity index (χ0) is 19.9. The van der Waals surface area contributed by atoms with Crippen LogP contribution in [0.1, 0.15) is 30.6 Å². The molecule has 1 heterocycles. The second kappa shape index (κ2) is 9.48. The normalized spacial score (nSPS) is 11.6. The number of ether oxygens (including phenoxy) is 1. The number of carbonyl (C=O) groups is 2. The Morgan fingerprint density at radius 3 is 2.57 bits per heavy atom. The Labute approximate surface area is 172 Å². The summed E-state index contributed by atoms with van der Waals surface area (Å²) in [5.41, 5.74) is 2.39. The minimum atomic E-state index is -0.547. The molecule has 0 spiro atoms. The maximum atomic E-state index is 12.3. The highest BCUT2D eigenvalue weighted by Gasteiger charge is 2.20. The SMILES string of the molecule is CC(=O)NC(CC(=O)OCc1csc(-c2ccccc2)n1)c1ccccc1Cl. The monoisotopic (exact) mass is 414 g/mol. The molecule has 1 N–H and O–H groups in total. The third-order valence-electron chi connectivity index (χ3n) is 3.98. The summed E-state index contributed by atoms with van der Waals surface area (Å²) >= 11 is 7.71. The van der Waals surface area contributed by atoms with Gasteiger partial charge in [0, 0.05) is 22.9 Å². The Morgan fingerprint density at radius 1 is 1.14 bits per heavy atom. The van der Waals surface area contributed by atoms with Crippen molar-refractivity contribution in [3.63, 3.8) is 0 Å². The van der Waals surface area contributed by atoms with Crippen molar-refractivity contribution in [2.45, 2.75) is 26.0 Å². The zero-order valence-corrected chi connectivity index (χ0v) is 16.8. The van der Waals surface area contributed by atoms with E-state index in [1.165, 1.54) is 18.3 Å². The third kappa shape index (κ3) is 5.41. The van der Waals surface area contributed by atoms with Crippen LogP contribution < -0.4 is 5.32 Å². The van der Waals surface area contributed by atoms with Crippen LogP contribution in [0.4, 0.5) is 0 Å². The number of esters is 1. The number of carbonyl (C=O) groups excluding carboxylic acids is 2. The standard InChI is InChI=1S/C21H19ClN2O3S/c1-14(25)23-19(17-9-5-6-10-18(17)22)11-20(26)27-12-16-13-28-21(24-16)15-7-3-2-4-8-15/h2-10,13,19H,11-12H2,1H3,(H,23,25). The van der Waals surface area contributed by atoms with Gasteiger partial charge in [-0.2, -0.15) is 0 Å². The highest BCUT2D eigenvalue weighted by Crippen LogP contribution is 2.26. The van der Waals surface area contributed by atoms with Gasteiger partial charge in [-0.25, -0.2) is 4.98 Å². The quantitative estimate of drug-likeness (QED) is 0.565. The highest BCUT2D eigenvalue weighted by molar-refractivity contribution is 7.13. The molecule has 1 unspecified atom stereocenters. The van der Waals surface area contributed by atoms with E-state index >= 15 is 0 Å². The Bertz CT molecular complexity index is 959. The van der Waals surface area contributed by atoms with Gasteiger partial charge in [-0.3, -0.25) is 9.59 Å². The average Bonchev–Trinajstić information content (AvgIpc) is 3.16. The zero-order valence-electron chi connectivity index (χ0n) is 15.2. The van der Waals surface area contributed by atoms with Gasteiger partial charge >= 0.3 is 5.97 Å². The number of hydrogen-bond acceptors (Lipinski definition) is 5. The van der Waals surface area contributed by atoms with Crippen LogP contribution >= 0.6 is 22.9 Å². The number of nitrogens with one attached hydrogen (secondary N) is 1. The van der Waals surface area contributed by atoms with Crippen LogP contribution in [0.25, 0.3) is 10.6 Å². The maximum absolute atomic E-state index is 12.3. The van der Waals surface area contributed by atoms with Gasteiger partial charge in [0.15, 0.2) is 0 Å². The molecule has 1 amide bonds. The largest absolute Gasteiger partial charge is 0.459 e. The predicted molar refractivity (Wildman–Crippen MR) is 110 cm³/mol. The van der Waals surface area contributed by atoms with Crippen LogP contribution in [0.15, 0.2) is 60.0 Å². The molecule has 0 aliphatic rings. The van der Waals surface area contributed by atoms with E-state index in [2.05, 4.69) is 10.3 Å². The second-order valence-electron chi connectivity index (χ2n) is 6.15. The van der Waals surface area contributed by atoms with Gasteiger partial charge in [-0.1, -0.05) is 60.1 Å². The smallest absolute Gasteiger partial charge is 0.308 e. The number of rotatable bonds is 7. The fourth-order valence-corrected chi connectivity index (χ4v) is 3.79. The first-order valence-electron chi connectivity index (χ1n) is 8.70. The molecular formula is C21H19ClN2O3S. The van der Waals surface area contributed by atoms with Gasteiger partial charge in [0.2, 0.25) is 5.91 Å². The molecule has 0 aliphatic carbocycles. The molecule has 7 heteroatoms. The number of thiazole rings is 1. The molecule has 0 bridgehead atoms. The van der Waals surface area contributed by atoms with Crippen LogP contribution in [-0.2, 0) is 20.9 Å². The predicted octanol–water partition coefficient (Wildman–Crippen LogP) is 4.77. The van der Waals surface area contributed by atoms with Gasteiger partial charge in [0.25, 0.3) is 0 Å². The number of aromatic nitrogens is 1. The van der Waals surface area contributed by atoms with Crippen molar-refractivity contribution in [2.24, 2.45) is 0 Å². The van der Waals surface area contributed by atoms with Gasteiger partial charge < -0.3 is 10.1 Å².